The molecular formula is C10H21NO4. The SMILES string of the molecule is COC(=O)C(C)(O)CN[C@H](CO)C(C)C. The van der Waals surface area contributed by atoms with Crippen LogP contribution in [-0.4, -0.2) is 48.1 Å². The molecule has 0 rings (SSSR count). The van der Waals surface area contributed by atoms with E-state index in [9.17, 15) is 9.90 Å². The molecule has 0 heterocycles. The van der Waals surface area contributed by atoms with Gasteiger partial charge in [-0.1, -0.05) is 13.8 Å². The highest BCUT2D eigenvalue weighted by Crippen LogP contribution is 2.06. The predicted molar refractivity (Wildman–Crippen MR) is 56.4 cm³/mol. The first-order valence-electron chi connectivity index (χ1n) is 5.00. The van der Waals surface area contributed by atoms with Crippen molar-refractivity contribution in [3.8, 4) is 0 Å². The molecule has 0 amide bonds. The van der Waals surface area contributed by atoms with E-state index in [0.717, 1.165) is 0 Å². The van der Waals surface area contributed by atoms with Gasteiger partial charge in [-0.25, -0.2) is 4.79 Å². The summed E-state index contributed by atoms with van der Waals surface area (Å²) >= 11 is 0. The summed E-state index contributed by atoms with van der Waals surface area (Å²) in [5, 5.41) is 21.6. The van der Waals surface area contributed by atoms with E-state index in [1.807, 2.05) is 13.8 Å². The molecule has 0 radical (unpaired) electrons. The molecule has 0 fully saturated rings. The number of carbonyl (C=O) groups is 1. The molecule has 3 N–H and O–H groups in total. The maximum atomic E-state index is 11.1. The zero-order valence-corrected chi connectivity index (χ0v) is 9.78. The number of aliphatic hydroxyl groups is 2. The van der Waals surface area contributed by atoms with E-state index in [1.54, 1.807) is 0 Å². The average molecular weight is 219 g/mol. The van der Waals surface area contributed by atoms with Crippen molar-refractivity contribution in [1.29, 1.82) is 0 Å². The molecule has 1 unspecified atom stereocenters. The van der Waals surface area contributed by atoms with Crippen molar-refractivity contribution >= 4 is 5.97 Å². The normalized spacial score (nSPS) is 17.3. The topological polar surface area (TPSA) is 78.8 Å². The van der Waals surface area contributed by atoms with Gasteiger partial charge in [0.05, 0.1) is 13.7 Å². The van der Waals surface area contributed by atoms with Crippen LogP contribution in [0.15, 0.2) is 0 Å². The number of hydrogen-bond acceptors (Lipinski definition) is 5. The van der Waals surface area contributed by atoms with Crippen LogP contribution < -0.4 is 5.32 Å². The van der Waals surface area contributed by atoms with Crippen LogP contribution in [0.2, 0.25) is 0 Å². The van der Waals surface area contributed by atoms with Crippen LogP contribution in [-0.2, 0) is 9.53 Å². The minimum atomic E-state index is -1.56. The van der Waals surface area contributed by atoms with Gasteiger partial charge in [0.25, 0.3) is 0 Å². The minimum absolute atomic E-state index is 0.0328. The first kappa shape index (κ1) is 14.3. The van der Waals surface area contributed by atoms with E-state index < -0.39 is 11.6 Å². The lowest BCUT2D eigenvalue weighted by atomic mass is 10.0. The zero-order chi connectivity index (χ0) is 12.1. The fraction of sp³-hybridized carbons (Fsp3) is 0.900. The molecule has 2 atom stereocenters. The highest BCUT2D eigenvalue weighted by molar-refractivity contribution is 5.78. The summed E-state index contributed by atoms with van der Waals surface area (Å²) in [6.45, 7) is 5.29. The van der Waals surface area contributed by atoms with E-state index in [0.29, 0.717) is 0 Å². The maximum absolute atomic E-state index is 11.1. The minimum Gasteiger partial charge on any atom is -0.467 e. The van der Waals surface area contributed by atoms with E-state index in [2.05, 4.69) is 10.1 Å². The van der Waals surface area contributed by atoms with E-state index in [4.69, 9.17) is 5.11 Å². The molecule has 15 heavy (non-hydrogen) atoms. The van der Waals surface area contributed by atoms with Gasteiger partial charge >= 0.3 is 5.97 Å². The van der Waals surface area contributed by atoms with Crippen molar-refractivity contribution in [3.05, 3.63) is 0 Å². The lowest BCUT2D eigenvalue weighted by molar-refractivity contribution is -0.160. The molecule has 90 valence electrons. The standard InChI is InChI=1S/C10H21NO4/c1-7(2)8(5-12)11-6-10(3,14)9(13)15-4/h7-8,11-12,14H,5-6H2,1-4H3/t8-,10?/m1/s1. The fourth-order valence-electron chi connectivity index (χ4n) is 1.13. The van der Waals surface area contributed by atoms with Crippen molar-refractivity contribution in [2.45, 2.75) is 32.4 Å². The molecule has 0 aliphatic carbocycles. The zero-order valence-electron chi connectivity index (χ0n) is 9.78. The van der Waals surface area contributed by atoms with Crippen LogP contribution in [0.3, 0.4) is 0 Å². The summed E-state index contributed by atoms with van der Waals surface area (Å²) in [7, 11) is 1.22. The third kappa shape index (κ3) is 4.59. The summed E-state index contributed by atoms with van der Waals surface area (Å²) in [6, 6.07) is -0.138. The molecule has 0 aromatic rings. The highest BCUT2D eigenvalue weighted by Gasteiger charge is 2.32. The second-order valence-electron chi connectivity index (χ2n) is 4.18. The van der Waals surface area contributed by atoms with Crippen molar-refractivity contribution in [1.82, 2.24) is 5.32 Å². The molecule has 0 aliphatic heterocycles. The molecule has 5 nitrogen and oxygen atoms in total. The Kier molecular flexibility index (Phi) is 5.79. The van der Waals surface area contributed by atoms with Crippen molar-refractivity contribution in [2.24, 2.45) is 5.92 Å². The number of esters is 1. The Morgan fingerprint density at radius 2 is 2.07 bits per heavy atom. The van der Waals surface area contributed by atoms with Gasteiger partial charge in [-0.15, -0.1) is 0 Å². The van der Waals surface area contributed by atoms with Gasteiger partial charge in [0.2, 0.25) is 0 Å². The molecule has 0 spiro atoms. The summed E-state index contributed by atoms with van der Waals surface area (Å²) in [5.74, 6) is -0.459. The Hall–Kier alpha value is -0.650. The lowest BCUT2D eigenvalue weighted by Crippen LogP contribution is -2.50. The second kappa shape index (κ2) is 6.05. The third-order valence-corrected chi connectivity index (χ3v) is 2.34. The van der Waals surface area contributed by atoms with Crippen molar-refractivity contribution in [2.75, 3.05) is 20.3 Å². The monoisotopic (exact) mass is 219 g/mol. The molecule has 5 heteroatoms. The maximum Gasteiger partial charge on any atom is 0.338 e. The van der Waals surface area contributed by atoms with Crippen molar-refractivity contribution in [3.63, 3.8) is 0 Å². The Balaban J connectivity index is 4.18. The molecule has 0 aromatic carbocycles. The van der Waals surface area contributed by atoms with E-state index in [1.165, 1.54) is 14.0 Å². The molecule has 0 saturated carbocycles. The molecule has 0 aromatic heterocycles. The number of rotatable bonds is 6. The Bertz CT molecular complexity index is 204. The van der Waals surface area contributed by atoms with Crippen LogP contribution in [0.1, 0.15) is 20.8 Å². The molecule has 0 bridgehead atoms. The average Bonchev–Trinajstić information content (AvgIpc) is 2.16. The Morgan fingerprint density at radius 1 is 1.53 bits per heavy atom. The number of nitrogens with one attached hydrogen (secondary N) is 1. The smallest absolute Gasteiger partial charge is 0.338 e. The summed E-state index contributed by atoms with van der Waals surface area (Å²) < 4.78 is 4.45. The number of aliphatic hydroxyl groups excluding tert-OH is 1. The molecule has 0 aliphatic rings. The summed E-state index contributed by atoms with van der Waals surface area (Å²) in [5.41, 5.74) is -1.56. The van der Waals surface area contributed by atoms with Crippen LogP contribution in [0, 0.1) is 5.92 Å². The van der Waals surface area contributed by atoms with Crippen LogP contribution in [0.4, 0.5) is 0 Å². The molecule has 0 saturated heterocycles. The first-order chi connectivity index (χ1) is 6.85. The first-order valence-corrected chi connectivity index (χ1v) is 5.00. The summed E-state index contributed by atoms with van der Waals surface area (Å²) in [4.78, 5) is 11.1. The number of methoxy groups -OCH3 is 1. The quantitative estimate of drug-likeness (QED) is 0.526. The van der Waals surface area contributed by atoms with Gasteiger partial charge in [0.1, 0.15) is 0 Å². The number of carbonyl (C=O) groups excluding carboxylic acids is 1. The molecular weight excluding hydrogens is 198 g/mol. The number of ether oxygens (including phenoxy) is 1. The second-order valence-corrected chi connectivity index (χ2v) is 4.18. The van der Waals surface area contributed by atoms with Gasteiger partial charge in [0, 0.05) is 12.6 Å². The third-order valence-electron chi connectivity index (χ3n) is 2.34. The van der Waals surface area contributed by atoms with Gasteiger partial charge in [0.15, 0.2) is 5.60 Å². The Morgan fingerprint density at radius 3 is 2.40 bits per heavy atom. The number of hydrogen-bond donors (Lipinski definition) is 3. The lowest BCUT2D eigenvalue weighted by Gasteiger charge is -2.26. The van der Waals surface area contributed by atoms with Gasteiger partial charge in [-0.3, -0.25) is 0 Å². The predicted octanol–water partition coefficient (Wildman–Crippen LogP) is -0.483. The van der Waals surface area contributed by atoms with Gasteiger partial charge in [-0.05, 0) is 12.8 Å². The Labute approximate surface area is 90.4 Å². The van der Waals surface area contributed by atoms with Crippen LogP contribution >= 0.6 is 0 Å². The van der Waals surface area contributed by atoms with E-state index in [-0.39, 0.29) is 25.1 Å². The highest BCUT2D eigenvalue weighted by atomic mass is 16.5. The van der Waals surface area contributed by atoms with E-state index >= 15 is 0 Å². The fourth-order valence-corrected chi connectivity index (χ4v) is 1.13. The van der Waals surface area contributed by atoms with Crippen LogP contribution in [0.25, 0.3) is 0 Å². The van der Waals surface area contributed by atoms with Gasteiger partial charge < -0.3 is 20.3 Å². The summed E-state index contributed by atoms with van der Waals surface area (Å²) in [6.07, 6.45) is 0. The largest absolute Gasteiger partial charge is 0.467 e. The van der Waals surface area contributed by atoms with Crippen LogP contribution in [0.5, 0.6) is 0 Å². The van der Waals surface area contributed by atoms with Gasteiger partial charge in [-0.2, -0.15) is 0 Å². The van der Waals surface area contributed by atoms with Crippen molar-refractivity contribution < 1.29 is 19.7 Å².